The third-order valence-corrected chi connectivity index (χ3v) is 4.41. The quantitative estimate of drug-likeness (QED) is 0.839. The predicted octanol–water partition coefficient (Wildman–Crippen LogP) is 4.70. The van der Waals surface area contributed by atoms with Gasteiger partial charge in [-0.05, 0) is 62.6 Å². The van der Waals surface area contributed by atoms with Crippen molar-refractivity contribution in [3.63, 3.8) is 0 Å². The summed E-state index contributed by atoms with van der Waals surface area (Å²) in [5.41, 5.74) is 4.89. The van der Waals surface area contributed by atoms with Crippen molar-refractivity contribution < 1.29 is 19.4 Å². The van der Waals surface area contributed by atoms with E-state index in [1.807, 2.05) is 52.0 Å². The summed E-state index contributed by atoms with van der Waals surface area (Å²) in [5.74, 6) is 1.56. The molecule has 0 unspecified atom stereocenters. The molecule has 126 valence electrons. The predicted molar refractivity (Wildman–Crippen MR) is 93.2 cm³/mol. The fourth-order valence-corrected chi connectivity index (χ4v) is 3.19. The number of anilines is 1. The van der Waals surface area contributed by atoms with E-state index in [1.54, 1.807) is 7.11 Å². The second kappa shape index (κ2) is 5.44. The molecule has 1 aliphatic heterocycles. The highest BCUT2D eigenvalue weighted by molar-refractivity contribution is 5.87. The highest BCUT2D eigenvalue weighted by Gasteiger charge is 2.34. The molecule has 1 heterocycles. The zero-order valence-electron chi connectivity index (χ0n) is 14.5. The normalized spacial score (nSPS) is 14.2. The summed E-state index contributed by atoms with van der Waals surface area (Å²) in [6.45, 7) is 7.83. The van der Waals surface area contributed by atoms with Gasteiger partial charge in [0.2, 0.25) is 0 Å². The van der Waals surface area contributed by atoms with Gasteiger partial charge < -0.3 is 14.6 Å². The van der Waals surface area contributed by atoms with Crippen molar-refractivity contribution in [2.45, 2.75) is 33.3 Å². The Balaban J connectivity index is 2.25. The molecule has 0 atom stereocenters. The largest absolute Gasteiger partial charge is 0.496 e. The maximum absolute atomic E-state index is 11.0. The minimum atomic E-state index is -1.08. The van der Waals surface area contributed by atoms with Gasteiger partial charge in [0.05, 0.1) is 7.11 Å². The molecule has 2 aromatic carbocycles. The zero-order valence-corrected chi connectivity index (χ0v) is 14.5. The van der Waals surface area contributed by atoms with Crippen molar-refractivity contribution in [1.29, 1.82) is 0 Å². The third kappa shape index (κ3) is 2.56. The van der Waals surface area contributed by atoms with Gasteiger partial charge in [0, 0.05) is 22.9 Å². The van der Waals surface area contributed by atoms with Crippen LogP contribution < -0.4 is 14.8 Å². The summed E-state index contributed by atoms with van der Waals surface area (Å²) in [4.78, 5) is 11.0. The first-order valence-electron chi connectivity index (χ1n) is 7.76. The minimum absolute atomic E-state index is 0.576. The molecule has 5 heteroatoms. The van der Waals surface area contributed by atoms with Gasteiger partial charge in [0.1, 0.15) is 17.1 Å². The van der Waals surface area contributed by atoms with Gasteiger partial charge in [-0.25, -0.2) is 4.79 Å². The van der Waals surface area contributed by atoms with Crippen molar-refractivity contribution in [2.24, 2.45) is 0 Å². The molecule has 5 nitrogen and oxygen atoms in total. The van der Waals surface area contributed by atoms with Gasteiger partial charge >= 0.3 is 6.09 Å². The first-order chi connectivity index (χ1) is 11.2. The monoisotopic (exact) mass is 327 g/mol. The van der Waals surface area contributed by atoms with Crippen molar-refractivity contribution >= 4 is 11.8 Å². The Morgan fingerprint density at radius 3 is 2.42 bits per heavy atom. The zero-order chi connectivity index (χ0) is 17.6. The second-order valence-corrected chi connectivity index (χ2v) is 6.57. The summed E-state index contributed by atoms with van der Waals surface area (Å²) in [7, 11) is 1.64. The van der Waals surface area contributed by atoms with Crippen LogP contribution >= 0.6 is 0 Å². The summed E-state index contributed by atoms with van der Waals surface area (Å²) < 4.78 is 11.6. The van der Waals surface area contributed by atoms with Crippen LogP contribution in [0.2, 0.25) is 0 Å². The fourth-order valence-electron chi connectivity index (χ4n) is 3.19. The molecule has 0 fully saturated rings. The molecule has 0 radical (unpaired) electrons. The van der Waals surface area contributed by atoms with E-state index in [0.29, 0.717) is 5.69 Å². The fraction of sp³-hybridized carbons (Fsp3) is 0.316. The molecule has 1 aliphatic rings. The Morgan fingerprint density at radius 1 is 1.12 bits per heavy atom. The van der Waals surface area contributed by atoms with Crippen molar-refractivity contribution in [2.75, 3.05) is 12.4 Å². The minimum Gasteiger partial charge on any atom is -0.496 e. The first kappa shape index (κ1) is 16.2. The Labute approximate surface area is 141 Å². The van der Waals surface area contributed by atoms with Crippen LogP contribution in [0.15, 0.2) is 24.3 Å². The van der Waals surface area contributed by atoms with Crippen LogP contribution in [-0.2, 0) is 5.60 Å². The Kier molecular flexibility index (Phi) is 3.67. The lowest BCUT2D eigenvalue weighted by Crippen LogP contribution is -2.29. The van der Waals surface area contributed by atoms with E-state index in [-0.39, 0.29) is 0 Å². The van der Waals surface area contributed by atoms with Crippen LogP contribution in [0.3, 0.4) is 0 Å². The maximum Gasteiger partial charge on any atom is 0.409 e. The van der Waals surface area contributed by atoms with Gasteiger partial charge in [-0.2, -0.15) is 0 Å². The van der Waals surface area contributed by atoms with E-state index < -0.39 is 11.7 Å². The maximum atomic E-state index is 11.0. The highest BCUT2D eigenvalue weighted by atomic mass is 16.5. The number of ether oxygens (including phenoxy) is 2. The van der Waals surface area contributed by atoms with E-state index in [0.717, 1.165) is 39.3 Å². The van der Waals surface area contributed by atoms with E-state index in [9.17, 15) is 4.79 Å². The number of aryl methyl sites for hydroxylation is 2. The lowest BCUT2D eigenvalue weighted by molar-refractivity contribution is 0.105. The number of hydrogen-bond acceptors (Lipinski definition) is 3. The standard InChI is InChI=1S/C19H21NO4/c1-10-6-12-13-7-11(2)16(23-5)9-17(13)24-19(3,4)14(12)8-15(10)20-18(21)22/h6-9,20H,1-5H3,(H,21,22). The number of rotatable bonds is 2. The SMILES string of the molecule is COc1cc2c(cc1C)-c1cc(C)c(NC(=O)O)cc1C(C)(C)O2. The second-order valence-electron chi connectivity index (χ2n) is 6.57. The van der Waals surface area contributed by atoms with Crippen molar-refractivity contribution in [3.05, 3.63) is 41.0 Å². The number of benzene rings is 2. The third-order valence-electron chi connectivity index (χ3n) is 4.41. The molecule has 0 aromatic heterocycles. The van der Waals surface area contributed by atoms with Crippen LogP contribution in [0.5, 0.6) is 11.5 Å². The lowest BCUT2D eigenvalue weighted by Gasteiger charge is -2.36. The first-order valence-corrected chi connectivity index (χ1v) is 7.76. The average Bonchev–Trinajstić information content (AvgIpc) is 2.48. The number of hydrogen-bond donors (Lipinski definition) is 2. The molecule has 3 rings (SSSR count). The lowest BCUT2D eigenvalue weighted by atomic mass is 9.84. The Bertz CT molecular complexity index is 840. The van der Waals surface area contributed by atoms with Gasteiger partial charge in [-0.15, -0.1) is 0 Å². The Morgan fingerprint density at radius 2 is 1.79 bits per heavy atom. The molecule has 0 bridgehead atoms. The summed E-state index contributed by atoms with van der Waals surface area (Å²) >= 11 is 0. The molecule has 0 saturated carbocycles. The molecule has 2 N–H and O–H groups in total. The van der Waals surface area contributed by atoms with Gasteiger partial charge in [-0.1, -0.05) is 0 Å². The van der Waals surface area contributed by atoms with Crippen molar-refractivity contribution in [1.82, 2.24) is 0 Å². The van der Waals surface area contributed by atoms with Crippen LogP contribution in [0.25, 0.3) is 11.1 Å². The number of carboxylic acid groups (broad SMARTS) is 1. The highest BCUT2D eigenvalue weighted by Crippen LogP contribution is 2.48. The summed E-state index contributed by atoms with van der Waals surface area (Å²) in [6.07, 6.45) is -1.08. The van der Waals surface area contributed by atoms with Crippen LogP contribution in [0.1, 0.15) is 30.5 Å². The number of methoxy groups -OCH3 is 1. The molecule has 0 aliphatic carbocycles. The molecule has 2 aromatic rings. The topological polar surface area (TPSA) is 67.8 Å². The van der Waals surface area contributed by atoms with Crippen LogP contribution in [-0.4, -0.2) is 18.3 Å². The number of carbonyl (C=O) groups is 1. The summed E-state index contributed by atoms with van der Waals surface area (Å²) in [6, 6.07) is 7.83. The number of amides is 1. The van der Waals surface area contributed by atoms with Crippen LogP contribution in [0.4, 0.5) is 10.5 Å². The molecule has 1 amide bonds. The average molecular weight is 327 g/mol. The van der Waals surface area contributed by atoms with Crippen molar-refractivity contribution in [3.8, 4) is 22.6 Å². The number of nitrogens with one attached hydrogen (secondary N) is 1. The van der Waals surface area contributed by atoms with E-state index in [4.69, 9.17) is 14.6 Å². The van der Waals surface area contributed by atoms with Crippen LogP contribution in [0, 0.1) is 13.8 Å². The summed E-state index contributed by atoms with van der Waals surface area (Å²) in [5, 5.41) is 11.5. The molecule has 24 heavy (non-hydrogen) atoms. The molecular weight excluding hydrogens is 306 g/mol. The van der Waals surface area contributed by atoms with Gasteiger partial charge in [0.15, 0.2) is 0 Å². The van der Waals surface area contributed by atoms with E-state index >= 15 is 0 Å². The Hall–Kier alpha value is -2.69. The molecular formula is C19H21NO4. The molecule has 0 spiro atoms. The van der Waals surface area contributed by atoms with Gasteiger partial charge in [0.25, 0.3) is 0 Å². The smallest absolute Gasteiger partial charge is 0.409 e. The van der Waals surface area contributed by atoms with E-state index in [2.05, 4.69) is 5.32 Å². The van der Waals surface area contributed by atoms with Gasteiger partial charge in [-0.3, -0.25) is 5.32 Å². The molecule has 0 saturated heterocycles. The number of fused-ring (bicyclic) bond motifs is 3. The van der Waals surface area contributed by atoms with E-state index in [1.165, 1.54) is 0 Å².